The highest BCUT2D eigenvalue weighted by Gasteiger charge is 2.44. The Morgan fingerprint density at radius 3 is 2.18 bits per heavy atom. The van der Waals surface area contributed by atoms with Crippen molar-refractivity contribution in [2.75, 3.05) is 32.7 Å². The average Bonchev–Trinajstić information content (AvgIpc) is 2.69. The van der Waals surface area contributed by atoms with Gasteiger partial charge in [0.1, 0.15) is 11.4 Å². The summed E-state index contributed by atoms with van der Waals surface area (Å²) in [5.41, 5.74) is 5.90. The van der Waals surface area contributed by atoms with Crippen molar-refractivity contribution in [1.82, 2.24) is 9.80 Å². The van der Waals surface area contributed by atoms with E-state index in [-0.39, 0.29) is 29.9 Å². The van der Waals surface area contributed by atoms with E-state index in [0.29, 0.717) is 12.0 Å². The minimum Gasteiger partial charge on any atom is -0.368 e. The third-order valence-corrected chi connectivity index (χ3v) is 6.15. The van der Waals surface area contributed by atoms with Crippen molar-refractivity contribution in [2.45, 2.75) is 50.5 Å². The number of ketones is 1. The molecule has 1 amide bonds. The number of Topliss-reactive ketones (excluding diaryl/α,β-unsaturated/α-hetero) is 1. The lowest BCUT2D eigenvalue weighted by Gasteiger charge is -2.48. The van der Waals surface area contributed by atoms with E-state index in [1.165, 1.54) is 18.6 Å². The highest BCUT2D eigenvalue weighted by atomic mass is 35.5. The van der Waals surface area contributed by atoms with E-state index in [1.807, 2.05) is 0 Å². The zero-order chi connectivity index (χ0) is 19.3. The largest absolute Gasteiger partial charge is 0.368 e. The molecule has 0 aliphatic carbocycles. The van der Waals surface area contributed by atoms with Crippen LogP contribution in [0.25, 0.3) is 0 Å². The second-order valence-electron chi connectivity index (χ2n) is 7.82. The topological polar surface area (TPSA) is 66.6 Å². The highest BCUT2D eigenvalue weighted by Crippen LogP contribution is 2.31. The molecule has 3 rings (SSSR count). The highest BCUT2D eigenvalue weighted by molar-refractivity contribution is 5.95. The molecule has 156 valence electrons. The van der Waals surface area contributed by atoms with Crippen LogP contribution in [0.3, 0.4) is 0 Å². The predicted octanol–water partition coefficient (Wildman–Crippen LogP) is 3.02. The molecule has 0 atom stereocenters. The lowest BCUT2D eigenvalue weighted by Crippen LogP contribution is -2.63. The molecule has 0 saturated carbocycles. The number of nitrogens with zero attached hydrogens (tertiary/aromatic N) is 2. The summed E-state index contributed by atoms with van der Waals surface area (Å²) >= 11 is 0. The number of likely N-dealkylation sites (tertiary alicyclic amines) is 2. The number of primary amides is 1. The van der Waals surface area contributed by atoms with Gasteiger partial charge in [0, 0.05) is 25.1 Å². The maximum absolute atomic E-state index is 12.9. The average molecular weight is 412 g/mol. The molecule has 0 unspecified atom stereocenters. The number of nitrogens with two attached hydrogens (primary N) is 1. The van der Waals surface area contributed by atoms with Crippen LogP contribution in [0.15, 0.2) is 24.3 Å². The summed E-state index contributed by atoms with van der Waals surface area (Å²) in [6, 6.07) is 5.72. The van der Waals surface area contributed by atoms with E-state index in [2.05, 4.69) is 9.80 Å². The molecule has 2 fully saturated rings. The fraction of sp³-hybridized carbons (Fsp3) is 0.619. The van der Waals surface area contributed by atoms with Crippen molar-refractivity contribution >= 4 is 24.1 Å². The van der Waals surface area contributed by atoms with E-state index in [4.69, 9.17) is 5.73 Å². The van der Waals surface area contributed by atoms with Crippen LogP contribution in [-0.2, 0) is 4.79 Å². The Bertz CT molecular complexity index is 654. The number of carbonyl (C=O) groups is 2. The number of halogens is 2. The van der Waals surface area contributed by atoms with Crippen molar-refractivity contribution in [3.8, 4) is 0 Å². The van der Waals surface area contributed by atoms with Crippen molar-refractivity contribution in [3.63, 3.8) is 0 Å². The van der Waals surface area contributed by atoms with Crippen LogP contribution in [-0.4, -0.2) is 59.8 Å². The molecule has 2 aliphatic rings. The summed E-state index contributed by atoms with van der Waals surface area (Å²) in [5.74, 6) is -0.464. The van der Waals surface area contributed by atoms with Crippen molar-refractivity contribution in [2.24, 2.45) is 5.73 Å². The van der Waals surface area contributed by atoms with Crippen LogP contribution in [0.1, 0.15) is 55.3 Å². The number of carbonyl (C=O) groups excluding carboxylic acids is 2. The fourth-order valence-corrected chi connectivity index (χ4v) is 4.43. The Balaban J connectivity index is 0.00000280. The third kappa shape index (κ3) is 5.31. The summed E-state index contributed by atoms with van der Waals surface area (Å²) in [6.45, 7) is 4.44. The normalized spacial score (nSPS) is 20.3. The summed E-state index contributed by atoms with van der Waals surface area (Å²) in [6.07, 6.45) is 6.29. The minimum absolute atomic E-state index is 0. The fourth-order valence-electron chi connectivity index (χ4n) is 4.43. The first kappa shape index (κ1) is 22.8. The van der Waals surface area contributed by atoms with Crippen LogP contribution in [0, 0.1) is 5.82 Å². The van der Waals surface area contributed by atoms with Crippen LogP contribution < -0.4 is 5.73 Å². The number of benzene rings is 1. The van der Waals surface area contributed by atoms with Gasteiger partial charge >= 0.3 is 0 Å². The predicted molar refractivity (Wildman–Crippen MR) is 110 cm³/mol. The number of hydrogen-bond donors (Lipinski definition) is 1. The smallest absolute Gasteiger partial charge is 0.238 e. The Labute approximate surface area is 172 Å². The lowest BCUT2D eigenvalue weighted by molar-refractivity contribution is -0.134. The van der Waals surface area contributed by atoms with E-state index >= 15 is 0 Å². The number of piperidine rings is 2. The first-order valence-corrected chi connectivity index (χ1v) is 10.1. The van der Waals surface area contributed by atoms with Gasteiger partial charge in [0.25, 0.3) is 0 Å². The Kier molecular flexibility index (Phi) is 8.40. The van der Waals surface area contributed by atoms with Gasteiger partial charge in [-0.15, -0.1) is 12.4 Å². The summed E-state index contributed by atoms with van der Waals surface area (Å²) in [5, 5.41) is 0. The van der Waals surface area contributed by atoms with Gasteiger partial charge in [-0.25, -0.2) is 4.39 Å². The first-order valence-electron chi connectivity index (χ1n) is 10.1. The molecule has 2 saturated heterocycles. The van der Waals surface area contributed by atoms with E-state index in [0.717, 1.165) is 64.8 Å². The second-order valence-corrected chi connectivity index (χ2v) is 7.82. The van der Waals surface area contributed by atoms with Crippen molar-refractivity contribution in [1.29, 1.82) is 0 Å². The molecule has 2 aliphatic heterocycles. The van der Waals surface area contributed by atoms with Crippen molar-refractivity contribution in [3.05, 3.63) is 35.6 Å². The second kappa shape index (κ2) is 10.3. The van der Waals surface area contributed by atoms with Gasteiger partial charge in [-0.2, -0.15) is 0 Å². The first-order chi connectivity index (χ1) is 13.0. The summed E-state index contributed by atoms with van der Waals surface area (Å²) in [4.78, 5) is 29.1. The molecule has 0 spiro atoms. The number of rotatable bonds is 7. The molecule has 0 bridgehead atoms. The lowest BCUT2D eigenvalue weighted by atomic mass is 9.83. The van der Waals surface area contributed by atoms with Gasteiger partial charge in [-0.3, -0.25) is 14.5 Å². The molecular weight excluding hydrogens is 381 g/mol. The third-order valence-electron chi connectivity index (χ3n) is 6.15. The monoisotopic (exact) mass is 411 g/mol. The molecule has 2 heterocycles. The van der Waals surface area contributed by atoms with Gasteiger partial charge in [0.2, 0.25) is 5.91 Å². The molecular formula is C21H31ClFN3O2. The Hall–Kier alpha value is -1.50. The van der Waals surface area contributed by atoms with E-state index in [1.54, 1.807) is 12.1 Å². The maximum Gasteiger partial charge on any atom is 0.238 e. The van der Waals surface area contributed by atoms with Gasteiger partial charge < -0.3 is 10.6 Å². The van der Waals surface area contributed by atoms with Gasteiger partial charge in [0.05, 0.1) is 0 Å². The molecule has 2 N–H and O–H groups in total. The zero-order valence-electron chi connectivity index (χ0n) is 16.4. The maximum atomic E-state index is 12.9. The Morgan fingerprint density at radius 2 is 1.61 bits per heavy atom. The van der Waals surface area contributed by atoms with E-state index in [9.17, 15) is 14.0 Å². The molecule has 0 radical (unpaired) electrons. The zero-order valence-corrected chi connectivity index (χ0v) is 17.2. The van der Waals surface area contributed by atoms with Gasteiger partial charge in [-0.1, -0.05) is 6.42 Å². The molecule has 7 heteroatoms. The standard InChI is InChI=1S/C21H30FN3O2.ClH/c22-18-8-6-17(7-9-18)19(26)5-4-12-24-15-10-21(11-16-24,20(23)27)25-13-2-1-3-14-25;/h6-9H,1-5,10-16H2,(H2,23,27);1H. The van der Waals surface area contributed by atoms with Crippen molar-refractivity contribution < 1.29 is 14.0 Å². The van der Waals surface area contributed by atoms with Crippen LogP contribution in [0.5, 0.6) is 0 Å². The van der Waals surface area contributed by atoms with Gasteiger partial charge in [0.15, 0.2) is 5.78 Å². The summed E-state index contributed by atoms with van der Waals surface area (Å²) in [7, 11) is 0. The molecule has 1 aromatic rings. The van der Waals surface area contributed by atoms with Crippen LogP contribution in [0.4, 0.5) is 4.39 Å². The molecule has 5 nitrogen and oxygen atoms in total. The molecule has 0 aromatic heterocycles. The molecule has 28 heavy (non-hydrogen) atoms. The Morgan fingerprint density at radius 1 is 1.00 bits per heavy atom. The SMILES string of the molecule is Cl.NC(=O)C1(N2CCCCC2)CCN(CCCC(=O)c2ccc(F)cc2)CC1. The van der Waals surface area contributed by atoms with E-state index < -0.39 is 5.54 Å². The minimum atomic E-state index is -0.485. The quantitative estimate of drug-likeness (QED) is 0.700. The van der Waals surface area contributed by atoms with Crippen LogP contribution in [0.2, 0.25) is 0 Å². The van der Waals surface area contributed by atoms with Crippen LogP contribution >= 0.6 is 12.4 Å². The number of amides is 1. The van der Waals surface area contributed by atoms with Gasteiger partial charge in [-0.05, 0) is 76.0 Å². The number of hydrogen-bond acceptors (Lipinski definition) is 4. The molecule has 1 aromatic carbocycles. The summed E-state index contributed by atoms with van der Waals surface area (Å²) < 4.78 is 12.9.